The maximum atomic E-state index is 4.66. The van der Waals surface area contributed by atoms with Crippen molar-refractivity contribution in [2.75, 3.05) is 11.9 Å². The van der Waals surface area contributed by atoms with E-state index in [2.05, 4.69) is 34.4 Å². The van der Waals surface area contributed by atoms with Crippen molar-refractivity contribution in [3.8, 4) is 0 Å². The molecular weight excluding hydrogens is 224 g/mol. The molecule has 0 aliphatic heterocycles. The fourth-order valence-electron chi connectivity index (χ4n) is 1.92. The summed E-state index contributed by atoms with van der Waals surface area (Å²) in [5, 5.41) is 6.79. The van der Waals surface area contributed by atoms with Crippen molar-refractivity contribution >= 4 is 5.95 Å². The quantitative estimate of drug-likeness (QED) is 0.694. The van der Waals surface area contributed by atoms with E-state index in [-0.39, 0.29) is 0 Å². The molecule has 1 heterocycles. The molecule has 1 aliphatic rings. The van der Waals surface area contributed by atoms with E-state index in [1.165, 1.54) is 24.1 Å². The predicted molar refractivity (Wildman–Crippen MR) is 74.7 cm³/mol. The number of hydrogen-bond acceptors (Lipinski definition) is 4. The van der Waals surface area contributed by atoms with E-state index in [0.29, 0.717) is 6.04 Å². The van der Waals surface area contributed by atoms with Crippen molar-refractivity contribution in [3.63, 3.8) is 0 Å². The number of anilines is 1. The first-order chi connectivity index (χ1) is 8.83. The highest BCUT2D eigenvalue weighted by Gasteiger charge is 2.22. The van der Waals surface area contributed by atoms with Gasteiger partial charge >= 0.3 is 0 Å². The molecule has 0 unspecified atom stereocenters. The summed E-state index contributed by atoms with van der Waals surface area (Å²) in [5.74, 6) is 0.806. The molecule has 1 aromatic rings. The minimum absolute atomic E-state index is 0.614. The Labute approximate surface area is 110 Å². The van der Waals surface area contributed by atoms with E-state index in [1.54, 1.807) is 0 Å². The molecule has 0 spiro atoms. The summed E-state index contributed by atoms with van der Waals surface area (Å²) in [5.41, 5.74) is 2.44. The van der Waals surface area contributed by atoms with Crippen LogP contribution in [0, 0.1) is 0 Å². The van der Waals surface area contributed by atoms with Gasteiger partial charge in [-0.25, -0.2) is 9.97 Å². The smallest absolute Gasteiger partial charge is 0.223 e. The third-order valence-corrected chi connectivity index (χ3v) is 3.09. The normalized spacial score (nSPS) is 14.8. The first kappa shape index (κ1) is 13.3. The lowest BCUT2D eigenvalue weighted by molar-refractivity contribution is 0.663. The molecule has 18 heavy (non-hydrogen) atoms. The van der Waals surface area contributed by atoms with Crippen LogP contribution in [0.3, 0.4) is 0 Å². The second-order valence-electron chi connectivity index (χ2n) is 5.01. The van der Waals surface area contributed by atoms with Gasteiger partial charge in [-0.2, -0.15) is 0 Å². The molecule has 0 aromatic carbocycles. The number of aryl methyl sites for hydroxylation is 1. The van der Waals surface area contributed by atoms with Gasteiger partial charge in [0.15, 0.2) is 0 Å². The Morgan fingerprint density at radius 1 is 1.28 bits per heavy atom. The fraction of sp³-hybridized carbons (Fsp3) is 0.714. The highest BCUT2D eigenvalue weighted by atomic mass is 15.1. The van der Waals surface area contributed by atoms with Crippen LogP contribution in [0.5, 0.6) is 0 Å². The van der Waals surface area contributed by atoms with Gasteiger partial charge in [-0.1, -0.05) is 20.3 Å². The number of nitrogens with one attached hydrogen (secondary N) is 2. The molecule has 0 amide bonds. The predicted octanol–water partition coefficient (Wildman–Crippen LogP) is 2.50. The summed E-state index contributed by atoms with van der Waals surface area (Å²) >= 11 is 0. The van der Waals surface area contributed by atoms with Gasteiger partial charge in [-0.15, -0.1) is 0 Å². The van der Waals surface area contributed by atoms with Crippen LogP contribution in [0.1, 0.15) is 50.8 Å². The Morgan fingerprint density at radius 2 is 2.11 bits per heavy atom. The van der Waals surface area contributed by atoms with E-state index in [9.17, 15) is 0 Å². The topological polar surface area (TPSA) is 49.8 Å². The van der Waals surface area contributed by atoms with Gasteiger partial charge in [0.05, 0.1) is 5.69 Å². The van der Waals surface area contributed by atoms with Crippen molar-refractivity contribution in [2.24, 2.45) is 0 Å². The Bertz CT molecular complexity index is 374. The van der Waals surface area contributed by atoms with Crippen molar-refractivity contribution in [2.45, 2.75) is 58.5 Å². The summed E-state index contributed by atoms with van der Waals surface area (Å²) in [7, 11) is 0. The van der Waals surface area contributed by atoms with Crippen molar-refractivity contribution < 1.29 is 0 Å². The van der Waals surface area contributed by atoms with E-state index in [1.807, 2.05) is 6.20 Å². The molecular formula is C14H24N4. The molecule has 2 rings (SSSR count). The highest BCUT2D eigenvalue weighted by Crippen LogP contribution is 2.23. The van der Waals surface area contributed by atoms with Crippen LogP contribution < -0.4 is 10.6 Å². The number of nitrogens with zero attached hydrogens (tertiary/aromatic N) is 2. The molecule has 1 saturated carbocycles. The first-order valence-electron chi connectivity index (χ1n) is 7.15. The second kappa shape index (κ2) is 6.69. The highest BCUT2D eigenvalue weighted by molar-refractivity contribution is 5.32. The van der Waals surface area contributed by atoms with Gasteiger partial charge in [0.1, 0.15) is 0 Å². The summed E-state index contributed by atoms with van der Waals surface area (Å²) in [6, 6.07) is 0.614. The monoisotopic (exact) mass is 248 g/mol. The minimum Gasteiger partial charge on any atom is -0.351 e. The molecule has 0 bridgehead atoms. The summed E-state index contributed by atoms with van der Waals surface area (Å²) in [6.45, 7) is 6.30. The number of rotatable bonds is 8. The maximum Gasteiger partial charge on any atom is 0.223 e. The number of aromatic nitrogens is 2. The molecule has 0 saturated heterocycles. The SMILES string of the molecule is CCCNCc1cnc(NC2CC2)nc1CCC. The van der Waals surface area contributed by atoms with Crippen LogP contribution in [0.15, 0.2) is 6.20 Å². The first-order valence-corrected chi connectivity index (χ1v) is 7.15. The average Bonchev–Trinajstić information content (AvgIpc) is 3.16. The molecule has 1 fully saturated rings. The molecule has 0 atom stereocenters. The summed E-state index contributed by atoms with van der Waals surface area (Å²) in [4.78, 5) is 9.08. The zero-order valence-electron chi connectivity index (χ0n) is 11.5. The van der Waals surface area contributed by atoms with Gasteiger partial charge in [-0.05, 0) is 32.2 Å². The molecule has 1 aromatic heterocycles. The maximum absolute atomic E-state index is 4.66. The van der Waals surface area contributed by atoms with E-state index in [0.717, 1.165) is 38.3 Å². The Balaban J connectivity index is 2.01. The lowest BCUT2D eigenvalue weighted by Gasteiger charge is -2.11. The second-order valence-corrected chi connectivity index (χ2v) is 5.01. The van der Waals surface area contributed by atoms with Crippen molar-refractivity contribution in [3.05, 3.63) is 17.5 Å². The Hall–Kier alpha value is -1.16. The van der Waals surface area contributed by atoms with Crippen LogP contribution >= 0.6 is 0 Å². The van der Waals surface area contributed by atoms with E-state index >= 15 is 0 Å². The van der Waals surface area contributed by atoms with Crippen molar-refractivity contribution in [1.29, 1.82) is 0 Å². The third kappa shape index (κ3) is 3.95. The standard InChI is InChI=1S/C14H24N4/c1-3-5-13-11(9-15-8-4-2)10-16-14(18-13)17-12-6-7-12/h10,12,15H,3-9H2,1-2H3,(H,16,17,18). The van der Waals surface area contributed by atoms with Gasteiger partial charge < -0.3 is 10.6 Å². The van der Waals surface area contributed by atoms with Gasteiger partial charge in [0, 0.05) is 24.3 Å². The average molecular weight is 248 g/mol. The third-order valence-electron chi connectivity index (χ3n) is 3.09. The van der Waals surface area contributed by atoms with Crippen LogP contribution in [0.4, 0.5) is 5.95 Å². The minimum atomic E-state index is 0.614. The van der Waals surface area contributed by atoms with E-state index in [4.69, 9.17) is 0 Å². The lowest BCUT2D eigenvalue weighted by atomic mass is 10.1. The lowest BCUT2D eigenvalue weighted by Crippen LogP contribution is -2.17. The van der Waals surface area contributed by atoms with Gasteiger partial charge in [-0.3, -0.25) is 0 Å². The van der Waals surface area contributed by atoms with Gasteiger partial charge in [0.25, 0.3) is 0 Å². The molecule has 2 N–H and O–H groups in total. The Kier molecular flexibility index (Phi) is 4.93. The zero-order chi connectivity index (χ0) is 12.8. The molecule has 4 nitrogen and oxygen atoms in total. The molecule has 1 aliphatic carbocycles. The molecule has 100 valence electrons. The van der Waals surface area contributed by atoms with Crippen LogP contribution in [0.2, 0.25) is 0 Å². The summed E-state index contributed by atoms with van der Waals surface area (Å²) in [6.07, 6.45) is 7.81. The largest absolute Gasteiger partial charge is 0.351 e. The Morgan fingerprint density at radius 3 is 2.78 bits per heavy atom. The fourth-order valence-corrected chi connectivity index (χ4v) is 1.92. The van der Waals surface area contributed by atoms with Crippen LogP contribution in [0.25, 0.3) is 0 Å². The van der Waals surface area contributed by atoms with E-state index < -0.39 is 0 Å². The molecule has 0 radical (unpaired) electrons. The van der Waals surface area contributed by atoms with Gasteiger partial charge in [0.2, 0.25) is 5.95 Å². The van der Waals surface area contributed by atoms with Crippen LogP contribution in [-0.2, 0) is 13.0 Å². The van der Waals surface area contributed by atoms with Crippen molar-refractivity contribution in [1.82, 2.24) is 15.3 Å². The zero-order valence-corrected chi connectivity index (χ0v) is 11.5. The van der Waals surface area contributed by atoms with Crippen LogP contribution in [-0.4, -0.2) is 22.6 Å². The number of hydrogen-bond donors (Lipinski definition) is 2. The summed E-state index contributed by atoms with van der Waals surface area (Å²) < 4.78 is 0. The molecule has 4 heteroatoms.